The standard InChI is InChI=1S/C10H12N4O4S2/c1-6-5-19-9(11-6)12-20(17,18)7-4-13(2)10(16)14(3)8(7)15/h4-5H,1-3H3,(H,11,12). The van der Waals surface area contributed by atoms with Crippen molar-refractivity contribution >= 4 is 26.5 Å². The molecule has 0 aromatic carbocycles. The highest BCUT2D eigenvalue weighted by Crippen LogP contribution is 2.17. The Hall–Kier alpha value is -1.94. The van der Waals surface area contributed by atoms with E-state index in [1.165, 1.54) is 14.1 Å². The lowest BCUT2D eigenvalue weighted by Gasteiger charge is -2.08. The van der Waals surface area contributed by atoms with Crippen LogP contribution in [0.3, 0.4) is 0 Å². The van der Waals surface area contributed by atoms with Crippen LogP contribution < -0.4 is 16.0 Å². The molecule has 2 aromatic heterocycles. The van der Waals surface area contributed by atoms with E-state index >= 15 is 0 Å². The summed E-state index contributed by atoms with van der Waals surface area (Å²) in [6, 6.07) is 0. The molecule has 0 bridgehead atoms. The van der Waals surface area contributed by atoms with Gasteiger partial charge in [0, 0.05) is 25.7 Å². The van der Waals surface area contributed by atoms with Crippen LogP contribution in [0.15, 0.2) is 26.1 Å². The minimum absolute atomic E-state index is 0.165. The molecule has 0 aliphatic rings. The molecule has 0 radical (unpaired) electrons. The van der Waals surface area contributed by atoms with Crippen molar-refractivity contribution in [2.24, 2.45) is 14.1 Å². The number of thiazole rings is 1. The highest BCUT2D eigenvalue weighted by molar-refractivity contribution is 7.92. The fourth-order valence-electron chi connectivity index (χ4n) is 1.53. The lowest BCUT2D eigenvalue weighted by atomic mass is 10.6. The zero-order valence-corrected chi connectivity index (χ0v) is 12.6. The minimum atomic E-state index is -4.09. The molecular formula is C10H12N4O4S2. The maximum absolute atomic E-state index is 12.2. The molecule has 108 valence electrons. The first-order valence-electron chi connectivity index (χ1n) is 5.44. The number of nitrogens with one attached hydrogen (secondary N) is 1. The molecule has 0 amide bonds. The van der Waals surface area contributed by atoms with Gasteiger partial charge in [-0.15, -0.1) is 11.3 Å². The molecule has 0 atom stereocenters. The van der Waals surface area contributed by atoms with Crippen molar-refractivity contribution in [3.63, 3.8) is 0 Å². The first-order chi connectivity index (χ1) is 9.22. The molecule has 1 N–H and O–H groups in total. The van der Waals surface area contributed by atoms with Gasteiger partial charge in [-0.1, -0.05) is 0 Å². The number of sulfonamides is 1. The fourth-order valence-corrected chi connectivity index (χ4v) is 3.63. The van der Waals surface area contributed by atoms with Gasteiger partial charge in [0.2, 0.25) is 0 Å². The van der Waals surface area contributed by atoms with Gasteiger partial charge in [-0.3, -0.25) is 14.1 Å². The zero-order valence-electron chi connectivity index (χ0n) is 10.9. The van der Waals surface area contributed by atoms with Gasteiger partial charge >= 0.3 is 5.69 Å². The predicted octanol–water partition coefficient (Wildman–Crippen LogP) is -0.350. The third-order valence-electron chi connectivity index (χ3n) is 2.55. The molecule has 8 nitrogen and oxygen atoms in total. The number of aryl methyl sites for hydroxylation is 2. The van der Waals surface area contributed by atoms with E-state index in [4.69, 9.17) is 0 Å². The summed E-state index contributed by atoms with van der Waals surface area (Å²) in [5, 5.41) is 1.84. The Morgan fingerprint density at radius 1 is 1.30 bits per heavy atom. The van der Waals surface area contributed by atoms with Gasteiger partial charge in [0.1, 0.15) is 0 Å². The molecule has 20 heavy (non-hydrogen) atoms. The van der Waals surface area contributed by atoms with E-state index in [-0.39, 0.29) is 5.13 Å². The van der Waals surface area contributed by atoms with E-state index in [1.807, 2.05) is 0 Å². The second-order valence-electron chi connectivity index (χ2n) is 4.15. The molecule has 2 rings (SSSR count). The molecule has 2 aromatic rings. The van der Waals surface area contributed by atoms with Crippen LogP contribution in [0, 0.1) is 6.92 Å². The predicted molar refractivity (Wildman–Crippen MR) is 74.6 cm³/mol. The lowest BCUT2D eigenvalue weighted by Crippen LogP contribution is -2.40. The highest BCUT2D eigenvalue weighted by atomic mass is 32.2. The number of hydrogen-bond acceptors (Lipinski definition) is 6. The van der Waals surface area contributed by atoms with Crippen LogP contribution in [0.2, 0.25) is 0 Å². The molecule has 0 saturated heterocycles. The third-order valence-corrected chi connectivity index (χ3v) is 4.87. The van der Waals surface area contributed by atoms with Crippen molar-refractivity contribution in [3.05, 3.63) is 38.1 Å². The van der Waals surface area contributed by atoms with Crippen molar-refractivity contribution in [3.8, 4) is 0 Å². The van der Waals surface area contributed by atoms with E-state index in [9.17, 15) is 18.0 Å². The molecule has 0 aliphatic carbocycles. The van der Waals surface area contributed by atoms with E-state index in [0.717, 1.165) is 26.7 Å². The van der Waals surface area contributed by atoms with E-state index in [0.29, 0.717) is 5.69 Å². The zero-order chi connectivity index (χ0) is 15.1. The van der Waals surface area contributed by atoms with Crippen LogP contribution >= 0.6 is 11.3 Å². The summed E-state index contributed by atoms with van der Waals surface area (Å²) in [5.41, 5.74) is -0.811. The summed E-state index contributed by atoms with van der Waals surface area (Å²) in [4.78, 5) is 26.9. The molecule has 0 fully saturated rings. The van der Waals surface area contributed by atoms with E-state index in [1.54, 1.807) is 12.3 Å². The highest BCUT2D eigenvalue weighted by Gasteiger charge is 2.22. The molecular weight excluding hydrogens is 304 g/mol. The van der Waals surface area contributed by atoms with Crippen molar-refractivity contribution in [2.75, 3.05) is 4.72 Å². The lowest BCUT2D eigenvalue weighted by molar-refractivity contribution is 0.589. The van der Waals surface area contributed by atoms with Gasteiger partial charge in [0.15, 0.2) is 10.0 Å². The average molecular weight is 316 g/mol. The number of anilines is 1. The molecule has 0 saturated carbocycles. The summed E-state index contributed by atoms with van der Waals surface area (Å²) >= 11 is 1.11. The summed E-state index contributed by atoms with van der Waals surface area (Å²) in [5.74, 6) is 0. The Balaban J connectivity index is 2.56. The maximum Gasteiger partial charge on any atom is 0.330 e. The van der Waals surface area contributed by atoms with Crippen molar-refractivity contribution in [2.45, 2.75) is 11.8 Å². The van der Waals surface area contributed by atoms with Crippen molar-refractivity contribution in [1.29, 1.82) is 0 Å². The number of nitrogens with zero attached hydrogens (tertiary/aromatic N) is 3. The Morgan fingerprint density at radius 2 is 1.95 bits per heavy atom. The van der Waals surface area contributed by atoms with Crippen molar-refractivity contribution < 1.29 is 8.42 Å². The van der Waals surface area contributed by atoms with Gasteiger partial charge in [0.25, 0.3) is 15.6 Å². The van der Waals surface area contributed by atoms with Crippen LogP contribution in [0.4, 0.5) is 5.13 Å². The largest absolute Gasteiger partial charge is 0.330 e. The molecule has 0 spiro atoms. The minimum Gasteiger partial charge on any atom is -0.302 e. The van der Waals surface area contributed by atoms with Crippen molar-refractivity contribution in [1.82, 2.24) is 14.1 Å². The summed E-state index contributed by atoms with van der Waals surface area (Å²) in [6.07, 6.45) is 0.994. The monoisotopic (exact) mass is 316 g/mol. The smallest absolute Gasteiger partial charge is 0.302 e. The molecule has 10 heteroatoms. The maximum atomic E-state index is 12.2. The Morgan fingerprint density at radius 3 is 2.50 bits per heavy atom. The SMILES string of the molecule is Cc1csc(NS(=O)(=O)c2cn(C)c(=O)n(C)c2=O)n1. The summed E-state index contributed by atoms with van der Waals surface area (Å²) in [7, 11) is -1.50. The number of hydrogen-bond donors (Lipinski definition) is 1. The van der Waals surface area contributed by atoms with Crippen LogP contribution in [-0.4, -0.2) is 22.5 Å². The third kappa shape index (κ3) is 2.51. The first kappa shape index (κ1) is 14.5. The Kier molecular flexibility index (Phi) is 3.52. The quantitative estimate of drug-likeness (QED) is 0.833. The van der Waals surface area contributed by atoms with Crippen LogP contribution in [0.5, 0.6) is 0 Å². The number of rotatable bonds is 3. The summed E-state index contributed by atoms with van der Waals surface area (Å²) in [6.45, 7) is 1.72. The molecule has 0 unspecified atom stereocenters. The molecule has 0 aliphatic heterocycles. The van der Waals surface area contributed by atoms with Gasteiger partial charge in [-0.25, -0.2) is 18.2 Å². The topological polar surface area (TPSA) is 103 Å². The fraction of sp³-hybridized carbons (Fsp3) is 0.300. The van der Waals surface area contributed by atoms with Crippen LogP contribution in [-0.2, 0) is 24.1 Å². The van der Waals surface area contributed by atoms with Gasteiger partial charge in [-0.2, -0.15) is 0 Å². The van der Waals surface area contributed by atoms with Gasteiger partial charge in [0.05, 0.1) is 5.69 Å². The first-order valence-corrected chi connectivity index (χ1v) is 7.80. The van der Waals surface area contributed by atoms with Gasteiger partial charge in [-0.05, 0) is 6.92 Å². The molecule has 2 heterocycles. The second kappa shape index (κ2) is 4.87. The van der Waals surface area contributed by atoms with E-state index in [2.05, 4.69) is 9.71 Å². The normalized spacial score (nSPS) is 11.6. The Bertz CT molecular complexity index is 875. The summed E-state index contributed by atoms with van der Waals surface area (Å²) < 4.78 is 28.3. The van der Waals surface area contributed by atoms with E-state index < -0.39 is 26.2 Å². The van der Waals surface area contributed by atoms with Crippen LogP contribution in [0.25, 0.3) is 0 Å². The second-order valence-corrected chi connectivity index (χ2v) is 6.66. The van der Waals surface area contributed by atoms with Crippen LogP contribution in [0.1, 0.15) is 5.69 Å². The van der Waals surface area contributed by atoms with Gasteiger partial charge < -0.3 is 4.57 Å². The average Bonchev–Trinajstić information content (AvgIpc) is 2.75. The number of aromatic nitrogens is 3. The Labute approximate surface area is 118 Å².